The molecule has 0 bridgehead atoms. The molecule has 0 aliphatic rings. The van der Waals surface area contributed by atoms with E-state index in [1.54, 1.807) is 18.9 Å². The van der Waals surface area contributed by atoms with Crippen LogP contribution in [-0.4, -0.2) is 34.4 Å². The molecule has 16 heavy (non-hydrogen) atoms. The Kier molecular flexibility index (Phi) is 3.52. The van der Waals surface area contributed by atoms with E-state index in [9.17, 15) is 4.79 Å². The van der Waals surface area contributed by atoms with Crippen LogP contribution in [0.15, 0.2) is 0 Å². The maximum atomic E-state index is 10.8. The number of anilines is 1. The van der Waals surface area contributed by atoms with Crippen LogP contribution in [0.3, 0.4) is 0 Å². The third-order valence-corrected chi connectivity index (χ3v) is 3.74. The van der Waals surface area contributed by atoms with Gasteiger partial charge in [0.05, 0.1) is 0 Å². The number of hydrogen-bond donors (Lipinski definition) is 1. The molecule has 6 heteroatoms. The van der Waals surface area contributed by atoms with Gasteiger partial charge in [-0.05, 0) is 6.92 Å². The Balaban J connectivity index is 2.90. The van der Waals surface area contributed by atoms with Crippen molar-refractivity contribution in [2.24, 2.45) is 0 Å². The highest BCUT2D eigenvalue weighted by molar-refractivity contribution is 7.15. The van der Waals surface area contributed by atoms with Crippen molar-refractivity contribution in [1.29, 1.82) is 0 Å². The summed E-state index contributed by atoms with van der Waals surface area (Å²) in [5.74, 6) is -0.866. The minimum atomic E-state index is -0.866. The van der Waals surface area contributed by atoms with Gasteiger partial charge in [0.1, 0.15) is 11.0 Å². The van der Waals surface area contributed by atoms with Gasteiger partial charge >= 0.3 is 5.97 Å². The van der Waals surface area contributed by atoms with E-state index < -0.39 is 12.0 Å². The van der Waals surface area contributed by atoms with Gasteiger partial charge in [-0.1, -0.05) is 32.1 Å². The van der Waals surface area contributed by atoms with Crippen molar-refractivity contribution in [3.63, 3.8) is 0 Å². The molecule has 0 amide bonds. The largest absolute Gasteiger partial charge is 0.480 e. The maximum absolute atomic E-state index is 10.8. The molecule has 0 fully saturated rings. The molecular formula is C10H17N3O2S. The van der Waals surface area contributed by atoms with E-state index in [1.807, 2.05) is 0 Å². The number of rotatable bonds is 3. The zero-order chi connectivity index (χ0) is 12.5. The third kappa shape index (κ3) is 2.69. The van der Waals surface area contributed by atoms with E-state index in [1.165, 1.54) is 11.3 Å². The van der Waals surface area contributed by atoms with Gasteiger partial charge in [0, 0.05) is 12.5 Å². The average Bonchev–Trinajstić information content (AvgIpc) is 2.63. The second-order valence-corrected chi connectivity index (χ2v) is 5.72. The summed E-state index contributed by atoms with van der Waals surface area (Å²) in [6.45, 7) is 7.79. The molecule has 0 spiro atoms. The van der Waals surface area contributed by atoms with E-state index in [2.05, 4.69) is 31.0 Å². The minimum absolute atomic E-state index is 0.0524. The number of aliphatic carboxylic acids is 1. The number of likely N-dealkylation sites (N-methyl/N-ethyl adjacent to an activating group) is 1. The van der Waals surface area contributed by atoms with Gasteiger partial charge < -0.3 is 10.0 Å². The highest BCUT2D eigenvalue weighted by Crippen LogP contribution is 2.29. The Bertz CT molecular complexity index is 384. The quantitative estimate of drug-likeness (QED) is 0.876. The first-order valence-electron chi connectivity index (χ1n) is 5.03. The molecule has 90 valence electrons. The molecule has 1 atom stereocenters. The van der Waals surface area contributed by atoms with Crippen LogP contribution in [0.1, 0.15) is 32.7 Å². The fraction of sp³-hybridized carbons (Fsp3) is 0.700. The molecule has 0 saturated carbocycles. The fourth-order valence-electron chi connectivity index (χ4n) is 0.992. The number of hydrogen-bond acceptors (Lipinski definition) is 5. The topological polar surface area (TPSA) is 66.3 Å². The summed E-state index contributed by atoms with van der Waals surface area (Å²) < 4.78 is 0. The predicted octanol–water partition coefficient (Wildman–Crippen LogP) is 1.74. The standard InChI is InChI=1S/C10H17N3O2S/c1-6(7(14)15)13(5)9-12-11-8(16-9)10(2,3)4/h6H,1-5H3,(H,14,15). The van der Waals surface area contributed by atoms with Crippen LogP contribution < -0.4 is 4.90 Å². The van der Waals surface area contributed by atoms with Crippen LogP contribution in [0.4, 0.5) is 5.13 Å². The van der Waals surface area contributed by atoms with E-state index in [0.29, 0.717) is 5.13 Å². The Morgan fingerprint density at radius 2 is 2.00 bits per heavy atom. The van der Waals surface area contributed by atoms with Gasteiger partial charge in [-0.3, -0.25) is 0 Å². The molecule has 1 heterocycles. The number of nitrogens with zero attached hydrogens (tertiary/aromatic N) is 3. The number of aromatic nitrogens is 2. The van der Waals surface area contributed by atoms with Gasteiger partial charge in [0.15, 0.2) is 0 Å². The molecule has 1 aromatic heterocycles. The van der Waals surface area contributed by atoms with Crippen molar-refractivity contribution in [2.75, 3.05) is 11.9 Å². The van der Waals surface area contributed by atoms with Crippen LogP contribution in [0.5, 0.6) is 0 Å². The highest BCUT2D eigenvalue weighted by atomic mass is 32.1. The Labute approximate surface area is 99.1 Å². The van der Waals surface area contributed by atoms with Crippen LogP contribution in [0.25, 0.3) is 0 Å². The molecule has 1 unspecified atom stereocenters. The van der Waals surface area contributed by atoms with E-state index >= 15 is 0 Å². The first-order valence-corrected chi connectivity index (χ1v) is 5.84. The third-order valence-electron chi connectivity index (χ3n) is 2.30. The molecule has 0 aliphatic heterocycles. The molecule has 0 aliphatic carbocycles. The van der Waals surface area contributed by atoms with Crippen LogP contribution >= 0.6 is 11.3 Å². The average molecular weight is 243 g/mol. The summed E-state index contributed by atoms with van der Waals surface area (Å²) in [6, 6.07) is -0.597. The second-order valence-electron chi connectivity index (χ2n) is 4.76. The lowest BCUT2D eigenvalue weighted by atomic mass is 9.98. The SMILES string of the molecule is CC(C(=O)O)N(C)c1nnc(C(C)(C)C)s1. The zero-order valence-electron chi connectivity index (χ0n) is 10.2. The molecule has 1 rings (SSSR count). The molecule has 1 aromatic rings. The van der Waals surface area contributed by atoms with Gasteiger partial charge in [0.2, 0.25) is 5.13 Å². The van der Waals surface area contributed by atoms with Crippen LogP contribution in [-0.2, 0) is 10.2 Å². The van der Waals surface area contributed by atoms with Crippen LogP contribution in [0, 0.1) is 0 Å². The van der Waals surface area contributed by atoms with Crippen molar-refractivity contribution in [3.05, 3.63) is 5.01 Å². The monoisotopic (exact) mass is 243 g/mol. The Hall–Kier alpha value is -1.17. The summed E-state index contributed by atoms with van der Waals surface area (Å²) in [4.78, 5) is 12.5. The molecule has 0 aromatic carbocycles. The summed E-state index contributed by atoms with van der Waals surface area (Å²) >= 11 is 1.43. The maximum Gasteiger partial charge on any atom is 0.326 e. The van der Waals surface area contributed by atoms with Gasteiger partial charge in [-0.25, -0.2) is 4.79 Å². The first kappa shape index (κ1) is 12.9. The normalized spacial score (nSPS) is 13.6. The van der Waals surface area contributed by atoms with E-state index in [-0.39, 0.29) is 5.41 Å². The van der Waals surface area contributed by atoms with Gasteiger partial charge in [-0.15, -0.1) is 10.2 Å². The summed E-state index contributed by atoms with van der Waals surface area (Å²) in [5.41, 5.74) is -0.0524. The molecule has 0 radical (unpaired) electrons. The summed E-state index contributed by atoms with van der Waals surface area (Å²) in [5, 5.41) is 18.5. The Morgan fingerprint density at radius 3 is 2.38 bits per heavy atom. The molecule has 5 nitrogen and oxygen atoms in total. The number of carboxylic acid groups (broad SMARTS) is 1. The smallest absolute Gasteiger partial charge is 0.326 e. The number of carbonyl (C=O) groups is 1. The number of carboxylic acids is 1. The van der Waals surface area contributed by atoms with Gasteiger partial charge in [-0.2, -0.15) is 0 Å². The first-order chi connectivity index (χ1) is 7.23. The summed E-state index contributed by atoms with van der Waals surface area (Å²) in [7, 11) is 1.71. The van der Waals surface area contributed by atoms with Gasteiger partial charge in [0.25, 0.3) is 0 Å². The van der Waals surface area contributed by atoms with Crippen molar-refractivity contribution in [1.82, 2.24) is 10.2 Å². The predicted molar refractivity (Wildman–Crippen MR) is 64.1 cm³/mol. The van der Waals surface area contributed by atoms with E-state index in [0.717, 1.165) is 5.01 Å². The fourth-order valence-corrected chi connectivity index (χ4v) is 1.94. The molecule has 0 saturated heterocycles. The minimum Gasteiger partial charge on any atom is -0.480 e. The summed E-state index contributed by atoms with van der Waals surface area (Å²) in [6.07, 6.45) is 0. The van der Waals surface area contributed by atoms with Crippen molar-refractivity contribution >= 4 is 22.4 Å². The van der Waals surface area contributed by atoms with Crippen molar-refractivity contribution < 1.29 is 9.90 Å². The Morgan fingerprint density at radius 1 is 1.44 bits per heavy atom. The highest BCUT2D eigenvalue weighted by Gasteiger charge is 2.24. The lowest BCUT2D eigenvalue weighted by molar-refractivity contribution is -0.138. The van der Waals surface area contributed by atoms with Crippen molar-refractivity contribution in [2.45, 2.75) is 39.2 Å². The second kappa shape index (κ2) is 4.37. The molecule has 1 N–H and O–H groups in total. The lowest BCUT2D eigenvalue weighted by Gasteiger charge is -2.19. The lowest BCUT2D eigenvalue weighted by Crippen LogP contribution is -2.35. The van der Waals surface area contributed by atoms with E-state index in [4.69, 9.17) is 5.11 Å². The zero-order valence-corrected chi connectivity index (χ0v) is 11.0. The van der Waals surface area contributed by atoms with Crippen LogP contribution in [0.2, 0.25) is 0 Å². The molecular weight excluding hydrogens is 226 g/mol. The van der Waals surface area contributed by atoms with Crippen molar-refractivity contribution in [3.8, 4) is 0 Å².